The molecule has 0 fully saturated rings. The van der Waals surface area contributed by atoms with E-state index in [9.17, 15) is 19.3 Å². The number of nitro benzene ring substituents is 1. The summed E-state index contributed by atoms with van der Waals surface area (Å²) in [5, 5.41) is 12.1. The van der Waals surface area contributed by atoms with E-state index in [1.54, 1.807) is 24.3 Å². The van der Waals surface area contributed by atoms with Gasteiger partial charge in [0.05, 0.1) is 21.4 Å². The molecule has 0 spiro atoms. The van der Waals surface area contributed by atoms with Gasteiger partial charge in [-0.25, -0.2) is 9.37 Å². The molecule has 1 aromatic heterocycles. The van der Waals surface area contributed by atoms with Crippen LogP contribution in [0.3, 0.4) is 0 Å². The number of nitrogens with zero attached hydrogens (tertiary/aromatic N) is 3. The molecule has 0 atom stereocenters. The van der Waals surface area contributed by atoms with Crippen molar-refractivity contribution in [1.29, 1.82) is 0 Å². The van der Waals surface area contributed by atoms with Gasteiger partial charge in [-0.2, -0.15) is 0 Å². The summed E-state index contributed by atoms with van der Waals surface area (Å²) >= 11 is 1.11. The van der Waals surface area contributed by atoms with Gasteiger partial charge < -0.3 is 0 Å². The Hall–Kier alpha value is -2.74. The van der Waals surface area contributed by atoms with Crippen LogP contribution in [-0.2, 0) is 5.75 Å². The molecule has 0 aliphatic heterocycles. The second-order valence-corrected chi connectivity index (χ2v) is 6.91. The Kier molecular flexibility index (Phi) is 5.03. The van der Waals surface area contributed by atoms with E-state index in [1.165, 1.54) is 22.8 Å². The van der Waals surface area contributed by atoms with E-state index in [0.29, 0.717) is 16.1 Å². The van der Waals surface area contributed by atoms with E-state index in [2.05, 4.69) is 4.98 Å². The normalized spacial score (nSPS) is 11.2. The van der Waals surface area contributed by atoms with Gasteiger partial charge >= 0.3 is 0 Å². The smallest absolute Gasteiger partial charge is 0.276 e. The van der Waals surface area contributed by atoms with Crippen LogP contribution < -0.4 is 5.56 Å². The molecule has 0 amide bonds. The minimum Gasteiger partial charge on any atom is -0.285 e. The summed E-state index contributed by atoms with van der Waals surface area (Å²) in [5.41, 5.74) is 0.0630. The first-order valence-electron chi connectivity index (χ1n) is 7.96. The molecule has 0 saturated carbocycles. The van der Waals surface area contributed by atoms with E-state index in [1.807, 2.05) is 13.8 Å². The first kappa shape index (κ1) is 18.1. The topological polar surface area (TPSA) is 78.0 Å². The van der Waals surface area contributed by atoms with Crippen LogP contribution in [0, 0.1) is 15.9 Å². The molecular formula is C18H16FN3O3S. The van der Waals surface area contributed by atoms with Crippen LogP contribution in [0.4, 0.5) is 10.1 Å². The molecule has 6 nitrogen and oxygen atoms in total. The summed E-state index contributed by atoms with van der Waals surface area (Å²) in [5.74, 6) is -0.647. The van der Waals surface area contributed by atoms with Crippen LogP contribution in [0.5, 0.6) is 0 Å². The van der Waals surface area contributed by atoms with Crippen molar-refractivity contribution in [2.24, 2.45) is 0 Å². The van der Waals surface area contributed by atoms with Crippen molar-refractivity contribution in [2.45, 2.75) is 30.8 Å². The summed E-state index contributed by atoms with van der Waals surface area (Å²) in [4.78, 5) is 27.8. The number of benzene rings is 2. The Balaban J connectivity index is 2.06. The van der Waals surface area contributed by atoms with E-state index in [0.717, 1.165) is 11.8 Å². The summed E-state index contributed by atoms with van der Waals surface area (Å²) in [6.45, 7) is 3.71. The second kappa shape index (κ2) is 7.25. The molecule has 0 aliphatic carbocycles. The van der Waals surface area contributed by atoms with Gasteiger partial charge in [0.1, 0.15) is 5.82 Å². The third-order valence-corrected chi connectivity index (χ3v) is 4.91. The first-order chi connectivity index (χ1) is 12.4. The Bertz CT molecular complexity index is 1050. The molecule has 1 heterocycles. The number of hydrogen-bond donors (Lipinski definition) is 0. The van der Waals surface area contributed by atoms with Gasteiger partial charge in [0.2, 0.25) is 0 Å². The first-order valence-corrected chi connectivity index (χ1v) is 8.94. The SMILES string of the molecule is CC(C)n1c(SCc2c(F)cccc2[N+](=O)[O-])nc2ccccc2c1=O. The van der Waals surface area contributed by atoms with Crippen LogP contribution in [0.1, 0.15) is 25.5 Å². The predicted octanol–water partition coefficient (Wildman–Crippen LogP) is 4.32. The summed E-state index contributed by atoms with van der Waals surface area (Å²) in [6, 6.07) is 10.6. The minimum atomic E-state index is -0.647. The summed E-state index contributed by atoms with van der Waals surface area (Å²) < 4.78 is 15.6. The van der Waals surface area contributed by atoms with E-state index in [4.69, 9.17) is 0 Å². The third kappa shape index (κ3) is 3.32. The van der Waals surface area contributed by atoms with Crippen LogP contribution in [-0.4, -0.2) is 14.5 Å². The lowest BCUT2D eigenvalue weighted by molar-refractivity contribution is -0.385. The number of fused-ring (bicyclic) bond motifs is 1. The predicted molar refractivity (Wildman–Crippen MR) is 99.0 cm³/mol. The number of thioether (sulfide) groups is 1. The maximum atomic E-state index is 14.1. The highest BCUT2D eigenvalue weighted by Crippen LogP contribution is 2.30. The minimum absolute atomic E-state index is 0.000483. The zero-order valence-electron chi connectivity index (χ0n) is 14.2. The van der Waals surface area contributed by atoms with Gasteiger partial charge in [-0.3, -0.25) is 19.5 Å². The van der Waals surface area contributed by atoms with Gasteiger partial charge in [0.15, 0.2) is 5.16 Å². The van der Waals surface area contributed by atoms with Gasteiger partial charge in [-0.15, -0.1) is 0 Å². The zero-order valence-corrected chi connectivity index (χ0v) is 15.0. The Morgan fingerprint density at radius 1 is 1.23 bits per heavy atom. The van der Waals surface area contributed by atoms with Crippen LogP contribution >= 0.6 is 11.8 Å². The lowest BCUT2D eigenvalue weighted by Gasteiger charge is -2.16. The number of para-hydroxylation sites is 1. The van der Waals surface area contributed by atoms with Gasteiger partial charge in [0.25, 0.3) is 11.2 Å². The molecule has 134 valence electrons. The molecule has 0 N–H and O–H groups in total. The monoisotopic (exact) mass is 373 g/mol. The third-order valence-electron chi connectivity index (χ3n) is 3.93. The Morgan fingerprint density at radius 3 is 2.65 bits per heavy atom. The highest BCUT2D eigenvalue weighted by atomic mass is 32.2. The molecule has 2 aromatic carbocycles. The maximum Gasteiger partial charge on any atom is 0.276 e. The fourth-order valence-electron chi connectivity index (χ4n) is 2.68. The lowest BCUT2D eigenvalue weighted by Crippen LogP contribution is -2.25. The van der Waals surface area contributed by atoms with Crippen molar-refractivity contribution in [3.8, 4) is 0 Å². The highest BCUT2D eigenvalue weighted by Gasteiger charge is 2.20. The number of rotatable bonds is 5. The number of aromatic nitrogens is 2. The van der Waals surface area contributed by atoms with E-state index >= 15 is 0 Å². The fraction of sp³-hybridized carbons (Fsp3) is 0.222. The van der Waals surface area contributed by atoms with Crippen LogP contribution in [0.15, 0.2) is 52.4 Å². The standard InChI is InChI=1S/C18H16FN3O3S/c1-11(2)21-17(23)12-6-3-4-8-15(12)20-18(21)26-10-13-14(19)7-5-9-16(13)22(24)25/h3-9,11H,10H2,1-2H3. The summed E-state index contributed by atoms with van der Waals surface area (Å²) in [7, 11) is 0. The molecule has 0 unspecified atom stereocenters. The average Bonchev–Trinajstić information content (AvgIpc) is 2.60. The Morgan fingerprint density at radius 2 is 1.96 bits per heavy atom. The van der Waals surface area contributed by atoms with Crippen LogP contribution in [0.2, 0.25) is 0 Å². The molecule has 0 radical (unpaired) electrons. The summed E-state index contributed by atoms with van der Waals surface area (Å²) in [6.07, 6.45) is 0. The molecule has 0 saturated heterocycles. The number of hydrogen-bond acceptors (Lipinski definition) is 5. The van der Waals surface area contributed by atoms with Crippen molar-refractivity contribution in [1.82, 2.24) is 9.55 Å². The number of nitro groups is 1. The quantitative estimate of drug-likeness (QED) is 0.288. The van der Waals surface area contributed by atoms with Crippen molar-refractivity contribution < 1.29 is 9.31 Å². The highest BCUT2D eigenvalue weighted by molar-refractivity contribution is 7.98. The molecule has 26 heavy (non-hydrogen) atoms. The Labute approximate surface area is 152 Å². The second-order valence-electron chi connectivity index (χ2n) is 5.96. The number of halogens is 1. The van der Waals surface area contributed by atoms with E-state index < -0.39 is 10.7 Å². The maximum absolute atomic E-state index is 14.1. The van der Waals surface area contributed by atoms with Gasteiger partial charge in [-0.1, -0.05) is 30.0 Å². The lowest BCUT2D eigenvalue weighted by atomic mass is 10.2. The zero-order chi connectivity index (χ0) is 18.8. The fourth-order valence-corrected chi connectivity index (χ4v) is 3.84. The molecule has 8 heteroatoms. The van der Waals surface area contributed by atoms with Crippen molar-refractivity contribution >= 4 is 28.4 Å². The molecule has 3 aromatic rings. The van der Waals surface area contributed by atoms with Gasteiger partial charge in [-0.05, 0) is 32.0 Å². The molecule has 0 aliphatic rings. The van der Waals surface area contributed by atoms with Crippen LogP contribution in [0.25, 0.3) is 10.9 Å². The van der Waals surface area contributed by atoms with E-state index in [-0.39, 0.29) is 28.6 Å². The van der Waals surface area contributed by atoms with Crippen molar-refractivity contribution in [3.05, 3.63) is 74.3 Å². The molecule has 0 bridgehead atoms. The van der Waals surface area contributed by atoms with Gasteiger partial charge in [0, 0.05) is 17.9 Å². The largest absolute Gasteiger partial charge is 0.285 e. The average molecular weight is 373 g/mol. The molecular weight excluding hydrogens is 357 g/mol. The van der Waals surface area contributed by atoms with Crippen molar-refractivity contribution in [2.75, 3.05) is 0 Å². The molecule has 3 rings (SSSR count). The van der Waals surface area contributed by atoms with Crippen molar-refractivity contribution in [3.63, 3.8) is 0 Å².